The molecule has 1 N–H and O–H groups in total. The summed E-state index contributed by atoms with van der Waals surface area (Å²) in [6, 6.07) is 5.43. The fraction of sp³-hybridized carbons (Fsp3) is 0.471. The lowest BCUT2D eigenvalue weighted by molar-refractivity contribution is 0.0652. The molecule has 2 aromatic heterocycles. The number of ether oxygens (including phenoxy) is 2. The number of methoxy groups -OCH3 is 1. The number of aromatic amines is 1. The Labute approximate surface area is 141 Å². The van der Waals surface area contributed by atoms with Crippen LogP contribution in [-0.2, 0) is 11.2 Å². The molecule has 128 valence electrons. The van der Waals surface area contributed by atoms with Crippen LogP contribution in [0.2, 0.25) is 0 Å². The maximum atomic E-state index is 12.8. The van der Waals surface area contributed by atoms with Gasteiger partial charge in [-0.1, -0.05) is 6.92 Å². The van der Waals surface area contributed by atoms with Crippen LogP contribution in [0, 0.1) is 0 Å². The number of likely N-dealkylation sites (tertiary alicyclic amines) is 1. The summed E-state index contributed by atoms with van der Waals surface area (Å²) in [5.74, 6) is 0.601. The number of carbonyl (C=O) groups excluding carboxylic acids is 1. The number of aromatic nitrogens is 3. The number of hydrogen-bond acceptors (Lipinski definition) is 5. The van der Waals surface area contributed by atoms with E-state index in [9.17, 15) is 4.79 Å². The molecule has 2 aromatic rings. The largest absolute Gasteiger partial charge is 0.490 e. The Morgan fingerprint density at radius 1 is 1.50 bits per heavy atom. The summed E-state index contributed by atoms with van der Waals surface area (Å²) >= 11 is 0. The van der Waals surface area contributed by atoms with Crippen LogP contribution in [-0.4, -0.2) is 58.4 Å². The quantitative estimate of drug-likeness (QED) is 0.871. The first-order valence-electron chi connectivity index (χ1n) is 8.12. The molecule has 1 fully saturated rings. The molecule has 1 aliphatic heterocycles. The Hall–Kier alpha value is -2.41. The van der Waals surface area contributed by atoms with Crippen LogP contribution in [0.5, 0.6) is 5.75 Å². The van der Waals surface area contributed by atoms with Gasteiger partial charge in [-0.05, 0) is 31.0 Å². The van der Waals surface area contributed by atoms with Gasteiger partial charge in [-0.3, -0.25) is 14.9 Å². The number of nitrogens with zero attached hydrogens (tertiary/aromatic N) is 3. The van der Waals surface area contributed by atoms with Gasteiger partial charge in [0.1, 0.15) is 18.1 Å². The highest BCUT2D eigenvalue weighted by atomic mass is 16.5. The molecule has 1 amide bonds. The molecular weight excluding hydrogens is 308 g/mol. The van der Waals surface area contributed by atoms with Gasteiger partial charge in [-0.25, -0.2) is 0 Å². The van der Waals surface area contributed by atoms with E-state index in [4.69, 9.17) is 9.47 Å². The van der Waals surface area contributed by atoms with Crippen molar-refractivity contribution < 1.29 is 14.3 Å². The van der Waals surface area contributed by atoms with E-state index in [0.29, 0.717) is 24.6 Å². The van der Waals surface area contributed by atoms with E-state index in [1.54, 1.807) is 24.4 Å². The predicted octanol–water partition coefficient (Wildman–Crippen LogP) is 1.68. The highest BCUT2D eigenvalue weighted by molar-refractivity contribution is 5.92. The van der Waals surface area contributed by atoms with Gasteiger partial charge in [-0.2, -0.15) is 5.10 Å². The van der Waals surface area contributed by atoms with Gasteiger partial charge < -0.3 is 14.4 Å². The first-order valence-corrected chi connectivity index (χ1v) is 8.12. The van der Waals surface area contributed by atoms with Crippen molar-refractivity contribution in [2.45, 2.75) is 31.9 Å². The van der Waals surface area contributed by atoms with Gasteiger partial charge >= 0.3 is 0 Å². The van der Waals surface area contributed by atoms with Crippen molar-refractivity contribution in [2.75, 3.05) is 20.3 Å². The van der Waals surface area contributed by atoms with Crippen molar-refractivity contribution in [3.05, 3.63) is 42.0 Å². The molecule has 0 aromatic carbocycles. The minimum absolute atomic E-state index is 0.0148. The molecule has 3 rings (SSSR count). The molecule has 0 aliphatic carbocycles. The highest BCUT2D eigenvalue weighted by Gasteiger charge is 2.37. The lowest BCUT2D eigenvalue weighted by Gasteiger charge is -2.23. The Morgan fingerprint density at radius 3 is 3.04 bits per heavy atom. The van der Waals surface area contributed by atoms with E-state index in [-0.39, 0.29) is 18.1 Å². The summed E-state index contributed by atoms with van der Waals surface area (Å²) in [5.41, 5.74) is 1.39. The van der Waals surface area contributed by atoms with Crippen molar-refractivity contribution in [2.24, 2.45) is 0 Å². The Bertz CT molecular complexity index is 673. The van der Waals surface area contributed by atoms with E-state index < -0.39 is 0 Å². The van der Waals surface area contributed by atoms with Crippen molar-refractivity contribution in [3.63, 3.8) is 0 Å². The third-order valence-electron chi connectivity index (χ3n) is 4.28. The van der Waals surface area contributed by atoms with Crippen LogP contribution >= 0.6 is 0 Å². The smallest absolute Gasteiger partial charge is 0.274 e. The lowest BCUT2D eigenvalue weighted by atomic mass is 10.2. The Balaban J connectivity index is 1.69. The van der Waals surface area contributed by atoms with Gasteiger partial charge in [0.25, 0.3) is 5.91 Å². The fourth-order valence-electron chi connectivity index (χ4n) is 2.88. The van der Waals surface area contributed by atoms with Crippen LogP contribution in [0.1, 0.15) is 29.5 Å². The number of amides is 1. The van der Waals surface area contributed by atoms with E-state index in [0.717, 1.165) is 18.5 Å². The molecule has 7 nitrogen and oxygen atoms in total. The first-order chi connectivity index (χ1) is 11.7. The summed E-state index contributed by atoms with van der Waals surface area (Å²) in [4.78, 5) is 18.6. The average Bonchev–Trinajstić information content (AvgIpc) is 3.27. The molecule has 0 bridgehead atoms. The average molecular weight is 330 g/mol. The van der Waals surface area contributed by atoms with Crippen LogP contribution in [0.15, 0.2) is 30.6 Å². The predicted molar refractivity (Wildman–Crippen MR) is 87.9 cm³/mol. The molecule has 1 aliphatic rings. The maximum absolute atomic E-state index is 12.8. The fourth-order valence-corrected chi connectivity index (χ4v) is 2.88. The molecule has 2 atom stereocenters. The number of hydrogen-bond donors (Lipinski definition) is 1. The number of aryl methyl sites for hydroxylation is 1. The Morgan fingerprint density at radius 2 is 2.38 bits per heavy atom. The molecule has 0 unspecified atom stereocenters. The van der Waals surface area contributed by atoms with Crippen LogP contribution in [0.4, 0.5) is 0 Å². The van der Waals surface area contributed by atoms with Gasteiger partial charge in [0.05, 0.1) is 18.3 Å². The third-order valence-corrected chi connectivity index (χ3v) is 4.28. The first kappa shape index (κ1) is 16.4. The Kier molecular flexibility index (Phi) is 5.10. The van der Waals surface area contributed by atoms with Crippen LogP contribution < -0.4 is 4.74 Å². The molecule has 3 heterocycles. The monoisotopic (exact) mass is 330 g/mol. The zero-order valence-electron chi connectivity index (χ0n) is 13.9. The normalized spacial score (nSPS) is 20.3. The van der Waals surface area contributed by atoms with Gasteiger partial charge in [0, 0.05) is 25.5 Å². The highest BCUT2D eigenvalue weighted by Crippen LogP contribution is 2.23. The van der Waals surface area contributed by atoms with E-state index in [1.165, 1.54) is 0 Å². The van der Waals surface area contributed by atoms with Gasteiger partial charge in [0.2, 0.25) is 0 Å². The molecule has 0 radical (unpaired) electrons. The molecule has 0 spiro atoms. The lowest BCUT2D eigenvalue weighted by Crippen LogP contribution is -2.39. The van der Waals surface area contributed by atoms with Gasteiger partial charge in [-0.15, -0.1) is 0 Å². The van der Waals surface area contributed by atoms with E-state index >= 15 is 0 Å². The third kappa shape index (κ3) is 3.56. The minimum atomic E-state index is -0.0923. The van der Waals surface area contributed by atoms with Crippen LogP contribution in [0.25, 0.3) is 0 Å². The van der Waals surface area contributed by atoms with E-state index in [1.807, 2.05) is 25.1 Å². The SMILES string of the molecule is CCc1cc(C(=O)N2C[C@H](OC)C[C@H]2COc2cccnc2)n[nH]1. The second kappa shape index (κ2) is 7.44. The molecule has 24 heavy (non-hydrogen) atoms. The number of nitrogens with one attached hydrogen (secondary N) is 1. The molecule has 1 saturated heterocycles. The number of pyridine rings is 1. The summed E-state index contributed by atoms with van der Waals surface area (Å²) in [7, 11) is 1.67. The summed E-state index contributed by atoms with van der Waals surface area (Å²) in [6.07, 6.45) is 4.93. The van der Waals surface area contributed by atoms with Crippen LogP contribution in [0.3, 0.4) is 0 Å². The number of H-pyrrole nitrogens is 1. The van der Waals surface area contributed by atoms with Crippen molar-refractivity contribution in [1.82, 2.24) is 20.1 Å². The van der Waals surface area contributed by atoms with Crippen molar-refractivity contribution in [3.8, 4) is 5.75 Å². The summed E-state index contributed by atoms with van der Waals surface area (Å²) < 4.78 is 11.2. The number of rotatable bonds is 6. The topological polar surface area (TPSA) is 80.3 Å². The number of carbonyl (C=O) groups is 1. The van der Waals surface area contributed by atoms with Crippen molar-refractivity contribution in [1.29, 1.82) is 0 Å². The zero-order valence-corrected chi connectivity index (χ0v) is 13.9. The van der Waals surface area contributed by atoms with E-state index in [2.05, 4.69) is 15.2 Å². The maximum Gasteiger partial charge on any atom is 0.274 e. The van der Waals surface area contributed by atoms with Gasteiger partial charge in [0.15, 0.2) is 0 Å². The zero-order chi connectivity index (χ0) is 16.9. The standard InChI is InChI=1S/C17H22N4O3/c1-3-12-7-16(20-19-12)17(22)21-10-15(23-2)8-13(21)11-24-14-5-4-6-18-9-14/h4-7,9,13,15H,3,8,10-11H2,1-2H3,(H,19,20)/t13-,15+/m0/s1. The second-order valence-electron chi connectivity index (χ2n) is 5.84. The minimum Gasteiger partial charge on any atom is -0.490 e. The molecule has 0 saturated carbocycles. The second-order valence-corrected chi connectivity index (χ2v) is 5.84. The van der Waals surface area contributed by atoms with Crippen molar-refractivity contribution >= 4 is 5.91 Å². The molecule has 7 heteroatoms. The summed E-state index contributed by atoms with van der Waals surface area (Å²) in [6.45, 7) is 2.97. The molecular formula is C17H22N4O3. The summed E-state index contributed by atoms with van der Waals surface area (Å²) in [5, 5.41) is 7.02.